The number of nitrogens with zero attached hydrogens (tertiary/aromatic N) is 1. The van der Waals surface area contributed by atoms with Crippen molar-refractivity contribution in [1.82, 2.24) is 4.98 Å². The van der Waals surface area contributed by atoms with E-state index in [9.17, 15) is 13.2 Å². The van der Waals surface area contributed by atoms with E-state index in [4.69, 9.17) is 0 Å². The summed E-state index contributed by atoms with van der Waals surface area (Å²) in [6.07, 6.45) is -1.69. The number of rotatable bonds is 7. The minimum Gasteiger partial charge on any atom is -0.370 e. The van der Waals surface area contributed by atoms with E-state index in [1.54, 1.807) is 0 Å². The van der Waals surface area contributed by atoms with E-state index in [1.807, 2.05) is 20.8 Å². The molecule has 0 amide bonds. The molecular formula is C14H22F3N3. The molecule has 0 aliphatic heterocycles. The van der Waals surface area contributed by atoms with Gasteiger partial charge in [0.2, 0.25) is 0 Å². The molecule has 0 spiro atoms. The highest BCUT2D eigenvalue weighted by atomic mass is 19.4. The first-order valence-corrected chi connectivity index (χ1v) is 6.96. The van der Waals surface area contributed by atoms with Crippen molar-refractivity contribution in [3.63, 3.8) is 0 Å². The van der Waals surface area contributed by atoms with Crippen LogP contribution in [0.25, 0.3) is 0 Å². The molecule has 0 saturated carbocycles. The van der Waals surface area contributed by atoms with E-state index in [0.717, 1.165) is 31.4 Å². The van der Waals surface area contributed by atoms with E-state index >= 15 is 0 Å². The van der Waals surface area contributed by atoms with Crippen LogP contribution in [0.5, 0.6) is 0 Å². The maximum atomic E-state index is 12.9. The summed E-state index contributed by atoms with van der Waals surface area (Å²) in [7, 11) is 0. The first-order valence-electron chi connectivity index (χ1n) is 6.96. The molecule has 2 N–H and O–H groups in total. The molecule has 114 valence electrons. The molecule has 0 saturated heterocycles. The Morgan fingerprint density at radius 2 is 1.80 bits per heavy atom. The number of pyridine rings is 1. The van der Waals surface area contributed by atoms with Crippen LogP contribution in [0.15, 0.2) is 12.1 Å². The lowest BCUT2D eigenvalue weighted by Gasteiger charge is -2.17. The Kier molecular flexibility index (Phi) is 6.10. The normalized spacial score (nSPS) is 13.1. The Hall–Kier alpha value is -1.46. The maximum absolute atomic E-state index is 12.9. The molecule has 1 rings (SSSR count). The maximum Gasteiger partial charge on any atom is 0.416 e. The van der Waals surface area contributed by atoms with Crippen molar-refractivity contribution in [3.05, 3.63) is 17.7 Å². The van der Waals surface area contributed by atoms with Crippen LogP contribution in [0.4, 0.5) is 24.8 Å². The number of anilines is 2. The largest absolute Gasteiger partial charge is 0.416 e. The van der Waals surface area contributed by atoms with E-state index in [2.05, 4.69) is 15.6 Å². The highest BCUT2D eigenvalue weighted by Gasteiger charge is 2.31. The molecule has 6 heteroatoms. The van der Waals surface area contributed by atoms with Gasteiger partial charge in [0.25, 0.3) is 0 Å². The third-order valence-corrected chi connectivity index (χ3v) is 2.82. The van der Waals surface area contributed by atoms with Gasteiger partial charge >= 0.3 is 6.18 Å². The van der Waals surface area contributed by atoms with Crippen LogP contribution >= 0.6 is 0 Å². The van der Waals surface area contributed by atoms with Crippen LogP contribution in [0.2, 0.25) is 0 Å². The van der Waals surface area contributed by atoms with Crippen LogP contribution in [0, 0.1) is 0 Å². The Morgan fingerprint density at radius 3 is 2.35 bits per heavy atom. The summed E-state index contributed by atoms with van der Waals surface area (Å²) in [5, 5.41) is 5.92. The lowest BCUT2D eigenvalue weighted by Crippen LogP contribution is -2.17. The molecule has 0 aromatic carbocycles. The van der Waals surface area contributed by atoms with Gasteiger partial charge in [0.15, 0.2) is 0 Å². The third kappa shape index (κ3) is 5.27. The molecule has 0 fully saturated rings. The van der Waals surface area contributed by atoms with Gasteiger partial charge in [0, 0.05) is 12.6 Å². The number of nitrogens with one attached hydrogen (secondary N) is 2. The van der Waals surface area contributed by atoms with Crippen molar-refractivity contribution in [2.75, 3.05) is 17.2 Å². The Balaban J connectivity index is 2.97. The van der Waals surface area contributed by atoms with Crippen LogP contribution in [0.3, 0.4) is 0 Å². The zero-order chi connectivity index (χ0) is 15.2. The van der Waals surface area contributed by atoms with E-state index < -0.39 is 11.7 Å². The summed E-state index contributed by atoms with van der Waals surface area (Å²) in [5.74, 6) is 0.521. The van der Waals surface area contributed by atoms with Gasteiger partial charge in [-0.15, -0.1) is 0 Å². The van der Waals surface area contributed by atoms with Gasteiger partial charge in [-0.25, -0.2) is 4.98 Å². The average molecular weight is 289 g/mol. The number of aromatic nitrogens is 1. The van der Waals surface area contributed by atoms with Crippen molar-refractivity contribution in [2.45, 2.75) is 52.3 Å². The summed E-state index contributed by atoms with van der Waals surface area (Å²) in [6.45, 7) is 6.51. The summed E-state index contributed by atoms with van der Waals surface area (Å²) in [5.41, 5.74) is -0.683. The predicted molar refractivity (Wildman–Crippen MR) is 76.0 cm³/mol. The van der Waals surface area contributed by atoms with Crippen molar-refractivity contribution >= 4 is 11.6 Å². The molecule has 1 heterocycles. The second kappa shape index (κ2) is 7.36. The van der Waals surface area contributed by atoms with Gasteiger partial charge < -0.3 is 10.6 Å². The molecule has 0 radical (unpaired) electrons. The highest BCUT2D eigenvalue weighted by molar-refractivity contribution is 5.50. The SMILES string of the molecule is CCCNc1cc(C(F)(F)F)cc(NC(C)CCC)n1. The lowest BCUT2D eigenvalue weighted by atomic mass is 10.2. The molecular weight excluding hydrogens is 267 g/mol. The Bertz CT molecular complexity index is 419. The number of alkyl halides is 3. The molecule has 1 unspecified atom stereocenters. The van der Waals surface area contributed by atoms with Crippen molar-refractivity contribution in [3.8, 4) is 0 Å². The molecule has 1 aromatic rings. The highest BCUT2D eigenvalue weighted by Crippen LogP contribution is 2.32. The van der Waals surface area contributed by atoms with Gasteiger partial charge in [0.1, 0.15) is 11.6 Å². The zero-order valence-corrected chi connectivity index (χ0v) is 12.1. The van der Waals surface area contributed by atoms with E-state index in [-0.39, 0.29) is 17.7 Å². The van der Waals surface area contributed by atoms with Crippen molar-refractivity contribution < 1.29 is 13.2 Å². The first kappa shape index (κ1) is 16.6. The van der Waals surface area contributed by atoms with Crippen LogP contribution in [-0.4, -0.2) is 17.6 Å². The number of halogens is 3. The monoisotopic (exact) mass is 289 g/mol. The molecule has 20 heavy (non-hydrogen) atoms. The van der Waals surface area contributed by atoms with Crippen LogP contribution in [0.1, 0.15) is 45.6 Å². The zero-order valence-electron chi connectivity index (χ0n) is 12.1. The Morgan fingerprint density at radius 1 is 1.15 bits per heavy atom. The smallest absolute Gasteiger partial charge is 0.370 e. The van der Waals surface area contributed by atoms with Gasteiger partial charge in [0.05, 0.1) is 5.56 Å². The van der Waals surface area contributed by atoms with Gasteiger partial charge in [-0.1, -0.05) is 20.3 Å². The lowest BCUT2D eigenvalue weighted by molar-refractivity contribution is -0.137. The second-order valence-electron chi connectivity index (χ2n) is 4.88. The molecule has 0 aliphatic rings. The standard InChI is InChI=1S/C14H22F3N3/c1-4-6-10(3)19-13-9-11(14(15,16)17)8-12(20-13)18-7-5-2/h8-10H,4-7H2,1-3H3,(H2,18,19,20). The Labute approximate surface area is 118 Å². The van der Waals surface area contributed by atoms with Gasteiger partial charge in [-0.05, 0) is 31.9 Å². The van der Waals surface area contributed by atoms with E-state index in [0.29, 0.717) is 6.54 Å². The topological polar surface area (TPSA) is 37.0 Å². The van der Waals surface area contributed by atoms with E-state index in [1.165, 1.54) is 0 Å². The van der Waals surface area contributed by atoms with Crippen LogP contribution in [-0.2, 0) is 6.18 Å². The summed E-state index contributed by atoms with van der Waals surface area (Å²) in [4.78, 5) is 4.18. The first-order chi connectivity index (χ1) is 9.36. The molecule has 1 aromatic heterocycles. The number of hydrogen-bond acceptors (Lipinski definition) is 3. The molecule has 1 atom stereocenters. The summed E-state index contributed by atoms with van der Waals surface area (Å²) in [6, 6.07) is 2.20. The molecule has 3 nitrogen and oxygen atoms in total. The minimum atomic E-state index is -4.37. The van der Waals surface area contributed by atoms with Crippen molar-refractivity contribution in [1.29, 1.82) is 0 Å². The summed E-state index contributed by atoms with van der Waals surface area (Å²) >= 11 is 0. The quantitative estimate of drug-likeness (QED) is 0.774. The molecule has 0 aliphatic carbocycles. The summed E-state index contributed by atoms with van der Waals surface area (Å²) < 4.78 is 38.6. The predicted octanol–water partition coefficient (Wildman–Crippen LogP) is 4.52. The number of hydrogen-bond donors (Lipinski definition) is 2. The van der Waals surface area contributed by atoms with Gasteiger partial charge in [-0.2, -0.15) is 13.2 Å². The fourth-order valence-corrected chi connectivity index (χ4v) is 1.87. The molecule has 0 bridgehead atoms. The van der Waals surface area contributed by atoms with Crippen LogP contribution < -0.4 is 10.6 Å². The third-order valence-electron chi connectivity index (χ3n) is 2.82. The average Bonchev–Trinajstić information content (AvgIpc) is 2.35. The fraction of sp³-hybridized carbons (Fsp3) is 0.643. The minimum absolute atomic E-state index is 0.0926. The van der Waals surface area contributed by atoms with Crippen molar-refractivity contribution in [2.24, 2.45) is 0 Å². The van der Waals surface area contributed by atoms with Gasteiger partial charge in [-0.3, -0.25) is 0 Å². The second-order valence-corrected chi connectivity index (χ2v) is 4.88. The fourth-order valence-electron chi connectivity index (χ4n) is 1.87.